The standard InChI is InChI=1S/C32H64Br/c1-3-5-7-9-11-13-15-17-19-21-23-25-28-32(30-27-31-33)29-26-24-22-20-18-16-14-12-10-8-6-4-2/h31-32H,3-30H2,1-2H3. The van der Waals surface area contributed by atoms with Gasteiger partial charge in [-0.1, -0.05) is 197 Å². The topological polar surface area (TPSA) is 0 Å². The Hall–Kier alpha value is 0.480. The molecule has 0 atom stereocenters. The first-order valence-corrected chi connectivity index (χ1v) is 16.7. The Labute approximate surface area is 220 Å². The van der Waals surface area contributed by atoms with Crippen molar-refractivity contribution in [2.45, 2.75) is 194 Å². The second-order valence-electron chi connectivity index (χ2n) is 11.0. The number of halogens is 1. The van der Waals surface area contributed by atoms with Crippen LogP contribution in [0.2, 0.25) is 0 Å². The minimum atomic E-state index is 0.977. The summed E-state index contributed by atoms with van der Waals surface area (Å²) in [7, 11) is 0. The third-order valence-corrected chi connectivity index (χ3v) is 8.07. The Morgan fingerprint density at radius 1 is 0.394 bits per heavy atom. The van der Waals surface area contributed by atoms with Crippen molar-refractivity contribution in [1.82, 2.24) is 0 Å². The fraction of sp³-hybridized carbons (Fsp3) is 0.969. The van der Waals surface area contributed by atoms with E-state index in [1.54, 1.807) is 0 Å². The van der Waals surface area contributed by atoms with Crippen LogP contribution in [-0.4, -0.2) is 0 Å². The van der Waals surface area contributed by atoms with Crippen molar-refractivity contribution in [2.75, 3.05) is 0 Å². The molecule has 0 unspecified atom stereocenters. The highest BCUT2D eigenvalue weighted by Gasteiger charge is 2.08. The smallest absolute Gasteiger partial charge is 0.0271 e. The Kier molecular flexibility index (Phi) is 31.0. The summed E-state index contributed by atoms with van der Waals surface area (Å²) < 4.78 is 0. The van der Waals surface area contributed by atoms with E-state index in [4.69, 9.17) is 0 Å². The van der Waals surface area contributed by atoms with Crippen molar-refractivity contribution >= 4 is 15.9 Å². The number of hydrogen-bond donors (Lipinski definition) is 0. The Morgan fingerprint density at radius 3 is 0.939 bits per heavy atom. The van der Waals surface area contributed by atoms with Crippen LogP contribution >= 0.6 is 15.9 Å². The lowest BCUT2D eigenvalue weighted by Crippen LogP contribution is -2.01. The number of unbranched alkanes of at least 4 members (excludes halogenated alkanes) is 22. The molecule has 33 heavy (non-hydrogen) atoms. The summed E-state index contributed by atoms with van der Waals surface area (Å²) in [5, 5.41) is 2.20. The van der Waals surface area contributed by atoms with Gasteiger partial charge in [0.1, 0.15) is 0 Å². The van der Waals surface area contributed by atoms with E-state index in [2.05, 4.69) is 35.1 Å². The van der Waals surface area contributed by atoms with Crippen molar-refractivity contribution in [1.29, 1.82) is 0 Å². The Balaban J connectivity index is 3.49. The van der Waals surface area contributed by atoms with Gasteiger partial charge >= 0.3 is 0 Å². The normalized spacial score (nSPS) is 11.6. The average molecular weight is 529 g/mol. The molecule has 0 saturated carbocycles. The van der Waals surface area contributed by atoms with Crippen molar-refractivity contribution in [2.24, 2.45) is 5.92 Å². The van der Waals surface area contributed by atoms with Gasteiger partial charge in [-0.15, -0.1) is 0 Å². The second-order valence-corrected chi connectivity index (χ2v) is 11.6. The molecular weight excluding hydrogens is 464 g/mol. The van der Waals surface area contributed by atoms with Crippen LogP contribution in [0.4, 0.5) is 0 Å². The molecule has 0 amide bonds. The van der Waals surface area contributed by atoms with Gasteiger partial charge in [-0.25, -0.2) is 0 Å². The molecule has 199 valence electrons. The maximum atomic E-state index is 3.53. The van der Waals surface area contributed by atoms with Gasteiger partial charge in [0.2, 0.25) is 0 Å². The van der Waals surface area contributed by atoms with E-state index >= 15 is 0 Å². The maximum Gasteiger partial charge on any atom is 0.0271 e. The molecule has 1 radical (unpaired) electrons. The second kappa shape index (κ2) is 30.5. The SMILES string of the molecule is CCCCCCCCCCCCCCC(CC[CH]Br)CCCCCCCCCCCCCC. The fourth-order valence-corrected chi connectivity index (χ4v) is 5.54. The van der Waals surface area contributed by atoms with E-state index in [1.165, 1.54) is 180 Å². The first kappa shape index (κ1) is 33.5. The highest BCUT2D eigenvalue weighted by atomic mass is 79.9. The van der Waals surface area contributed by atoms with Crippen LogP contribution < -0.4 is 0 Å². The van der Waals surface area contributed by atoms with Crippen LogP contribution in [0.1, 0.15) is 194 Å². The summed E-state index contributed by atoms with van der Waals surface area (Å²) in [5.41, 5.74) is 0. The molecule has 0 aliphatic carbocycles. The van der Waals surface area contributed by atoms with Gasteiger partial charge in [0.05, 0.1) is 0 Å². The van der Waals surface area contributed by atoms with Gasteiger partial charge in [-0.05, 0) is 18.8 Å². The zero-order chi connectivity index (χ0) is 24.1. The van der Waals surface area contributed by atoms with Gasteiger partial charge in [0, 0.05) is 5.33 Å². The van der Waals surface area contributed by atoms with E-state index in [0.717, 1.165) is 5.92 Å². The minimum absolute atomic E-state index is 0.977. The number of rotatable bonds is 29. The molecule has 0 saturated heterocycles. The van der Waals surface area contributed by atoms with Gasteiger partial charge in [0.15, 0.2) is 0 Å². The lowest BCUT2D eigenvalue weighted by Gasteiger charge is -2.16. The molecular formula is C32H64Br. The van der Waals surface area contributed by atoms with Gasteiger partial charge < -0.3 is 0 Å². The molecule has 0 aromatic heterocycles. The minimum Gasteiger partial charge on any atom is -0.0879 e. The molecule has 0 fully saturated rings. The highest BCUT2D eigenvalue weighted by molar-refractivity contribution is 9.10. The van der Waals surface area contributed by atoms with Gasteiger partial charge in [0.25, 0.3) is 0 Å². The lowest BCUT2D eigenvalue weighted by molar-refractivity contribution is 0.381. The summed E-state index contributed by atoms with van der Waals surface area (Å²) in [5.74, 6) is 0.977. The molecule has 0 bridgehead atoms. The first-order chi connectivity index (χ1) is 16.3. The Morgan fingerprint density at radius 2 is 0.667 bits per heavy atom. The van der Waals surface area contributed by atoms with Crippen molar-refractivity contribution in [3.8, 4) is 0 Å². The van der Waals surface area contributed by atoms with Gasteiger partial charge in [-0.3, -0.25) is 0 Å². The third-order valence-electron chi connectivity index (χ3n) is 7.62. The molecule has 1 heteroatoms. The molecule has 0 aliphatic rings. The summed E-state index contributed by atoms with van der Waals surface area (Å²) in [4.78, 5) is 0. The van der Waals surface area contributed by atoms with E-state index in [1.807, 2.05) is 0 Å². The molecule has 0 rings (SSSR count). The molecule has 0 aromatic carbocycles. The predicted octanol–water partition coefficient (Wildman–Crippen LogP) is 13.1. The monoisotopic (exact) mass is 527 g/mol. The predicted molar refractivity (Wildman–Crippen MR) is 157 cm³/mol. The van der Waals surface area contributed by atoms with Crippen LogP contribution in [-0.2, 0) is 0 Å². The van der Waals surface area contributed by atoms with Crippen LogP contribution in [0.25, 0.3) is 0 Å². The van der Waals surface area contributed by atoms with E-state index in [9.17, 15) is 0 Å². The molecule has 0 aromatic rings. The summed E-state index contributed by atoms with van der Waals surface area (Å²) in [6.45, 7) is 4.61. The quantitative estimate of drug-likeness (QED) is 0.0847. The first-order valence-electron chi connectivity index (χ1n) is 15.8. The largest absolute Gasteiger partial charge is 0.0879 e. The van der Waals surface area contributed by atoms with Crippen molar-refractivity contribution in [3.63, 3.8) is 0 Å². The Bertz CT molecular complexity index is 298. The zero-order valence-electron chi connectivity index (χ0n) is 23.3. The maximum absolute atomic E-state index is 3.53. The molecule has 0 nitrogen and oxygen atoms in total. The van der Waals surface area contributed by atoms with Gasteiger partial charge in [-0.2, -0.15) is 0 Å². The summed E-state index contributed by atoms with van der Waals surface area (Å²) >= 11 is 3.53. The van der Waals surface area contributed by atoms with Crippen LogP contribution in [0.3, 0.4) is 0 Å². The number of hydrogen-bond acceptors (Lipinski definition) is 0. The third kappa shape index (κ3) is 28.6. The van der Waals surface area contributed by atoms with Crippen LogP contribution in [0, 0.1) is 11.2 Å². The van der Waals surface area contributed by atoms with Crippen molar-refractivity contribution in [3.05, 3.63) is 5.33 Å². The molecule has 0 spiro atoms. The molecule has 0 aliphatic heterocycles. The average Bonchev–Trinajstić information content (AvgIpc) is 2.83. The molecule has 0 heterocycles. The molecule has 0 N–H and O–H groups in total. The van der Waals surface area contributed by atoms with E-state index < -0.39 is 0 Å². The highest BCUT2D eigenvalue weighted by Crippen LogP contribution is 2.24. The zero-order valence-corrected chi connectivity index (χ0v) is 24.9. The van der Waals surface area contributed by atoms with Crippen LogP contribution in [0.5, 0.6) is 0 Å². The summed E-state index contributed by atoms with van der Waals surface area (Å²) in [6, 6.07) is 0. The van der Waals surface area contributed by atoms with Crippen LogP contribution in [0.15, 0.2) is 0 Å². The van der Waals surface area contributed by atoms with E-state index in [0.29, 0.717) is 0 Å². The fourth-order valence-electron chi connectivity index (χ4n) is 5.28. The van der Waals surface area contributed by atoms with E-state index in [-0.39, 0.29) is 0 Å². The van der Waals surface area contributed by atoms with Crippen molar-refractivity contribution < 1.29 is 0 Å². The lowest BCUT2D eigenvalue weighted by atomic mass is 9.90. The summed E-state index contributed by atoms with van der Waals surface area (Å²) in [6.07, 6.45) is 40.8.